The van der Waals surface area contributed by atoms with Gasteiger partial charge in [0.2, 0.25) is 0 Å². The highest BCUT2D eigenvalue weighted by Gasteiger charge is 2.25. The monoisotopic (exact) mass is 455 g/mol. The maximum atomic E-state index is 13.5. The third kappa shape index (κ3) is 5.75. The summed E-state index contributed by atoms with van der Waals surface area (Å²) in [7, 11) is -3.87. The molecule has 0 spiro atoms. The molecule has 3 aromatic rings. The molecular formula is C24H22ClNO4S. The molecule has 0 atom stereocenters. The third-order valence-electron chi connectivity index (χ3n) is 4.50. The number of benzene rings is 3. The van der Waals surface area contributed by atoms with Gasteiger partial charge in [-0.3, -0.25) is 4.31 Å². The van der Waals surface area contributed by atoms with Crippen molar-refractivity contribution < 1.29 is 17.9 Å². The number of carbonyl (C=O) groups excluding carboxylic acids is 1. The van der Waals surface area contributed by atoms with Crippen LogP contribution in [0.15, 0.2) is 89.8 Å². The first-order chi connectivity index (χ1) is 14.9. The molecule has 0 aliphatic heterocycles. The van der Waals surface area contributed by atoms with Crippen LogP contribution in [0.25, 0.3) is 6.08 Å². The molecule has 0 N–H and O–H groups in total. The third-order valence-corrected chi connectivity index (χ3v) is 6.54. The number of nitrogens with zero attached hydrogens (tertiary/aromatic N) is 1. The number of sulfonamides is 1. The van der Waals surface area contributed by atoms with E-state index >= 15 is 0 Å². The van der Waals surface area contributed by atoms with Gasteiger partial charge in [0.15, 0.2) is 0 Å². The normalized spacial score (nSPS) is 11.4. The minimum atomic E-state index is -3.87. The van der Waals surface area contributed by atoms with E-state index in [1.54, 1.807) is 49.4 Å². The first-order valence-electron chi connectivity index (χ1n) is 9.68. The molecule has 0 aromatic heterocycles. The smallest absolute Gasteiger partial charge is 0.330 e. The van der Waals surface area contributed by atoms with Crippen LogP contribution < -0.4 is 4.31 Å². The zero-order valence-electron chi connectivity index (χ0n) is 16.9. The highest BCUT2D eigenvalue weighted by Crippen LogP contribution is 2.27. The van der Waals surface area contributed by atoms with E-state index in [4.69, 9.17) is 16.3 Å². The van der Waals surface area contributed by atoms with Crippen molar-refractivity contribution in [3.8, 4) is 0 Å². The van der Waals surface area contributed by atoms with Gasteiger partial charge in [0.05, 0.1) is 23.7 Å². The summed E-state index contributed by atoms with van der Waals surface area (Å²) in [5.74, 6) is -0.453. The first-order valence-corrected chi connectivity index (χ1v) is 11.5. The van der Waals surface area contributed by atoms with Crippen LogP contribution in [-0.4, -0.2) is 21.0 Å². The molecule has 31 heavy (non-hydrogen) atoms. The number of anilines is 1. The second kappa shape index (κ2) is 10.3. The number of hydrogen-bond donors (Lipinski definition) is 0. The Kier molecular flexibility index (Phi) is 7.50. The van der Waals surface area contributed by atoms with E-state index in [2.05, 4.69) is 0 Å². The average molecular weight is 456 g/mol. The largest absolute Gasteiger partial charge is 0.463 e. The Morgan fingerprint density at radius 2 is 1.61 bits per heavy atom. The Morgan fingerprint density at radius 1 is 0.968 bits per heavy atom. The molecule has 160 valence electrons. The van der Waals surface area contributed by atoms with Crippen molar-refractivity contribution in [3.05, 3.63) is 101 Å². The van der Waals surface area contributed by atoms with Crippen LogP contribution in [0.4, 0.5) is 5.69 Å². The van der Waals surface area contributed by atoms with Gasteiger partial charge in [-0.1, -0.05) is 54.1 Å². The lowest BCUT2D eigenvalue weighted by atomic mass is 10.1. The van der Waals surface area contributed by atoms with E-state index in [-0.39, 0.29) is 18.0 Å². The lowest BCUT2D eigenvalue weighted by Crippen LogP contribution is -2.30. The van der Waals surface area contributed by atoms with Crippen LogP contribution in [0.3, 0.4) is 0 Å². The van der Waals surface area contributed by atoms with Gasteiger partial charge in [0, 0.05) is 11.1 Å². The molecule has 0 saturated carbocycles. The van der Waals surface area contributed by atoms with Crippen molar-refractivity contribution in [2.24, 2.45) is 0 Å². The zero-order valence-corrected chi connectivity index (χ0v) is 18.5. The van der Waals surface area contributed by atoms with Crippen molar-refractivity contribution >= 4 is 39.4 Å². The van der Waals surface area contributed by atoms with Gasteiger partial charge in [-0.05, 0) is 60.5 Å². The summed E-state index contributed by atoms with van der Waals surface area (Å²) in [5, 5.41) is 0.458. The van der Waals surface area contributed by atoms with Crippen molar-refractivity contribution in [1.82, 2.24) is 0 Å². The van der Waals surface area contributed by atoms with Crippen molar-refractivity contribution in [3.63, 3.8) is 0 Å². The van der Waals surface area contributed by atoms with Crippen LogP contribution >= 0.6 is 11.6 Å². The lowest BCUT2D eigenvalue weighted by molar-refractivity contribution is -0.137. The van der Waals surface area contributed by atoms with Gasteiger partial charge in [-0.2, -0.15) is 0 Å². The molecule has 0 heterocycles. The first kappa shape index (κ1) is 22.6. The van der Waals surface area contributed by atoms with E-state index in [0.717, 1.165) is 11.1 Å². The zero-order chi connectivity index (χ0) is 22.3. The van der Waals surface area contributed by atoms with Gasteiger partial charge < -0.3 is 4.74 Å². The van der Waals surface area contributed by atoms with Gasteiger partial charge in [0.1, 0.15) is 0 Å². The highest BCUT2D eigenvalue weighted by molar-refractivity contribution is 7.92. The van der Waals surface area contributed by atoms with E-state index in [9.17, 15) is 13.2 Å². The predicted octanol–water partition coefficient (Wildman–Crippen LogP) is 5.31. The molecule has 0 radical (unpaired) electrons. The molecule has 0 fully saturated rings. The number of ether oxygens (including phenoxy) is 1. The topological polar surface area (TPSA) is 63.7 Å². The summed E-state index contributed by atoms with van der Waals surface area (Å²) in [5.41, 5.74) is 1.99. The minimum Gasteiger partial charge on any atom is -0.463 e. The van der Waals surface area contributed by atoms with E-state index in [1.807, 2.05) is 30.3 Å². The van der Waals surface area contributed by atoms with Crippen molar-refractivity contribution in [2.75, 3.05) is 10.9 Å². The molecule has 0 aliphatic carbocycles. The summed E-state index contributed by atoms with van der Waals surface area (Å²) in [6.45, 7) is 2.10. The molecule has 5 nitrogen and oxygen atoms in total. The molecule has 0 amide bonds. The summed E-state index contributed by atoms with van der Waals surface area (Å²) in [6.07, 6.45) is 2.97. The fourth-order valence-electron chi connectivity index (χ4n) is 2.99. The van der Waals surface area contributed by atoms with Gasteiger partial charge in [-0.25, -0.2) is 13.2 Å². The van der Waals surface area contributed by atoms with Crippen LogP contribution in [0, 0.1) is 0 Å². The number of hydrogen-bond acceptors (Lipinski definition) is 4. The van der Waals surface area contributed by atoms with E-state index in [1.165, 1.54) is 22.5 Å². The second-order valence-electron chi connectivity index (χ2n) is 6.59. The average Bonchev–Trinajstić information content (AvgIpc) is 2.77. The Hall–Kier alpha value is -3.09. The Balaban J connectivity index is 2.02. The molecule has 0 unspecified atom stereocenters. The fraction of sp³-hybridized carbons (Fsp3) is 0.125. The summed E-state index contributed by atoms with van der Waals surface area (Å²) in [4.78, 5) is 11.9. The van der Waals surface area contributed by atoms with Gasteiger partial charge in [-0.15, -0.1) is 0 Å². The number of rotatable bonds is 8. The van der Waals surface area contributed by atoms with Gasteiger partial charge >= 0.3 is 5.97 Å². The van der Waals surface area contributed by atoms with Crippen molar-refractivity contribution in [1.29, 1.82) is 0 Å². The molecule has 7 heteroatoms. The highest BCUT2D eigenvalue weighted by atomic mass is 35.5. The van der Waals surface area contributed by atoms with E-state index in [0.29, 0.717) is 10.7 Å². The number of carbonyl (C=O) groups is 1. The van der Waals surface area contributed by atoms with Crippen LogP contribution in [0.5, 0.6) is 0 Å². The lowest BCUT2D eigenvalue weighted by Gasteiger charge is -2.25. The maximum absolute atomic E-state index is 13.5. The Labute approximate surface area is 187 Å². The summed E-state index contributed by atoms with van der Waals surface area (Å²) >= 11 is 5.94. The molecule has 0 bridgehead atoms. The second-order valence-corrected chi connectivity index (χ2v) is 8.88. The molecule has 0 saturated heterocycles. The molecular weight excluding hydrogens is 434 g/mol. The number of halogens is 1. The van der Waals surface area contributed by atoms with Crippen molar-refractivity contribution in [2.45, 2.75) is 18.4 Å². The standard InChI is InChI=1S/C24H22ClNO4S/c1-2-30-24(27)17-12-19-8-6-7-9-20(19)18-26(22-10-4-3-5-11-22)31(28,29)23-15-13-21(25)14-16-23/h3-17H,2,18H2,1H3/b17-12+. The van der Waals surface area contributed by atoms with Gasteiger partial charge in [0.25, 0.3) is 10.0 Å². The number of esters is 1. The summed E-state index contributed by atoms with van der Waals surface area (Å²) in [6, 6.07) is 22.3. The van der Waals surface area contributed by atoms with Crippen LogP contribution in [0.1, 0.15) is 18.1 Å². The van der Waals surface area contributed by atoms with E-state index < -0.39 is 16.0 Å². The minimum absolute atomic E-state index is 0.0817. The van der Waals surface area contributed by atoms with Crippen LogP contribution in [-0.2, 0) is 26.1 Å². The summed E-state index contributed by atoms with van der Waals surface area (Å²) < 4.78 is 33.3. The molecule has 0 aliphatic rings. The Morgan fingerprint density at radius 3 is 2.29 bits per heavy atom. The van der Waals surface area contributed by atoms with Crippen LogP contribution in [0.2, 0.25) is 5.02 Å². The molecule has 3 rings (SSSR count). The molecule has 3 aromatic carbocycles. The SMILES string of the molecule is CCOC(=O)/C=C/c1ccccc1CN(c1ccccc1)S(=O)(=O)c1ccc(Cl)cc1. The number of para-hydroxylation sites is 1. The fourth-order valence-corrected chi connectivity index (χ4v) is 4.56. The predicted molar refractivity (Wildman–Crippen MR) is 123 cm³/mol. The Bertz CT molecular complexity index is 1160. The maximum Gasteiger partial charge on any atom is 0.330 e. The quantitative estimate of drug-likeness (QED) is 0.341.